The molecule has 0 bridgehead atoms. The van der Waals surface area contributed by atoms with Crippen LogP contribution in [-0.4, -0.2) is 21.8 Å². The van der Waals surface area contributed by atoms with E-state index in [1.165, 1.54) is 17.3 Å². The summed E-state index contributed by atoms with van der Waals surface area (Å²) in [7, 11) is 0. The fourth-order valence-electron chi connectivity index (χ4n) is 0.670. The summed E-state index contributed by atoms with van der Waals surface area (Å²) >= 11 is 8.97. The predicted molar refractivity (Wildman–Crippen MR) is 45.8 cm³/mol. The highest BCUT2D eigenvalue weighted by Gasteiger charge is 2.13. The van der Waals surface area contributed by atoms with E-state index in [2.05, 4.69) is 11.8 Å². The predicted octanol–water partition coefficient (Wildman–Crippen LogP) is 2.38. The van der Waals surface area contributed by atoms with E-state index >= 15 is 0 Å². The quantitative estimate of drug-likeness (QED) is 0.616. The first-order valence-electron chi connectivity index (χ1n) is 2.71. The monoisotopic (exact) mass is 165 g/mol. The molecule has 1 radical (unpaired) electrons. The van der Waals surface area contributed by atoms with Crippen molar-refractivity contribution in [3.8, 4) is 0 Å². The zero-order chi connectivity index (χ0) is 5.82. The van der Waals surface area contributed by atoms with Gasteiger partial charge < -0.3 is 0 Å². The van der Waals surface area contributed by atoms with Gasteiger partial charge in [-0.15, -0.1) is 23.5 Å². The van der Waals surface area contributed by atoms with E-state index in [0.717, 1.165) is 11.0 Å². The Kier molecular flexibility index (Phi) is 3.55. The second-order valence-corrected chi connectivity index (χ2v) is 4.86. The maximum atomic E-state index is 4.87. The van der Waals surface area contributed by atoms with Gasteiger partial charge in [-0.3, -0.25) is 0 Å². The molecule has 0 amide bonds. The molecule has 0 N–H and O–H groups in total. The number of hydrogen-bond donors (Lipinski definition) is 0. The van der Waals surface area contributed by atoms with Crippen molar-refractivity contribution in [2.45, 2.75) is 11.7 Å². The van der Waals surface area contributed by atoms with Gasteiger partial charge in [-0.05, 0) is 6.42 Å². The van der Waals surface area contributed by atoms with Gasteiger partial charge in [0.05, 0.1) is 0 Å². The Balaban J connectivity index is 2.06. The number of thioether (sulfide) groups is 2. The average Bonchev–Trinajstić information content (AvgIpc) is 2.19. The van der Waals surface area contributed by atoms with E-state index < -0.39 is 0 Å². The molecule has 1 aliphatic rings. The van der Waals surface area contributed by atoms with Gasteiger partial charge in [0.25, 0.3) is 0 Å². The third-order valence-corrected chi connectivity index (χ3v) is 4.30. The molecule has 0 spiro atoms. The van der Waals surface area contributed by atoms with Crippen molar-refractivity contribution in [1.82, 2.24) is 0 Å². The van der Waals surface area contributed by atoms with Crippen LogP contribution in [0.25, 0.3) is 0 Å². The molecule has 47 valence electrons. The number of rotatable bonds is 2. The summed E-state index contributed by atoms with van der Waals surface area (Å²) in [5, 5.41) is 2.18. The van der Waals surface area contributed by atoms with Crippen LogP contribution in [0.4, 0.5) is 0 Å². The molecule has 1 rings (SSSR count). The summed E-state index contributed by atoms with van der Waals surface area (Å²) in [6.07, 6.45) is 1.24. The summed E-state index contributed by atoms with van der Waals surface area (Å²) < 4.78 is 0. The minimum absolute atomic E-state index is 0.887. The lowest BCUT2D eigenvalue weighted by molar-refractivity contribution is 0.940. The van der Waals surface area contributed by atoms with Crippen LogP contribution < -0.4 is 0 Å². The van der Waals surface area contributed by atoms with Crippen molar-refractivity contribution in [2.24, 2.45) is 0 Å². The van der Waals surface area contributed by atoms with Crippen LogP contribution in [0.1, 0.15) is 6.42 Å². The van der Waals surface area contributed by atoms with E-state index in [4.69, 9.17) is 12.6 Å². The molecule has 0 saturated carbocycles. The van der Waals surface area contributed by atoms with Crippen LogP contribution in [0.2, 0.25) is 0 Å². The molecular weight excluding hydrogens is 156 g/mol. The zero-order valence-corrected chi connectivity index (χ0v) is 7.08. The summed E-state index contributed by atoms with van der Waals surface area (Å²) in [4.78, 5) is 0. The standard InChI is InChI=1S/C5H9S3/c6-2-1-5-3-7-4-8-5/h5H,1-4H2. The second-order valence-electron chi connectivity index (χ2n) is 1.77. The van der Waals surface area contributed by atoms with Gasteiger partial charge in [-0.25, -0.2) is 0 Å². The molecule has 1 heterocycles. The number of hydrogen-bond acceptors (Lipinski definition) is 2. The van der Waals surface area contributed by atoms with E-state index in [9.17, 15) is 0 Å². The molecule has 3 heteroatoms. The van der Waals surface area contributed by atoms with Gasteiger partial charge in [-0.1, -0.05) is 12.6 Å². The third-order valence-electron chi connectivity index (χ3n) is 1.13. The first-order valence-corrected chi connectivity index (χ1v) is 5.49. The second kappa shape index (κ2) is 3.96. The Morgan fingerprint density at radius 2 is 2.50 bits per heavy atom. The molecule has 1 unspecified atom stereocenters. The largest absolute Gasteiger partial charge is 0.150 e. The smallest absolute Gasteiger partial charge is 0.0395 e. The van der Waals surface area contributed by atoms with Gasteiger partial charge in [0.15, 0.2) is 0 Å². The van der Waals surface area contributed by atoms with Crippen LogP contribution in [0.5, 0.6) is 0 Å². The Bertz CT molecular complexity index is 58.7. The van der Waals surface area contributed by atoms with E-state index in [0.29, 0.717) is 0 Å². The van der Waals surface area contributed by atoms with Crippen molar-refractivity contribution >= 4 is 36.2 Å². The molecule has 1 atom stereocenters. The van der Waals surface area contributed by atoms with Gasteiger partial charge >= 0.3 is 0 Å². The van der Waals surface area contributed by atoms with E-state index in [1.807, 2.05) is 11.8 Å². The molecule has 1 aliphatic heterocycles. The van der Waals surface area contributed by atoms with Crippen LogP contribution in [-0.2, 0) is 0 Å². The van der Waals surface area contributed by atoms with Crippen LogP contribution >= 0.6 is 36.2 Å². The Morgan fingerprint density at radius 1 is 1.62 bits per heavy atom. The normalized spacial score (nSPS) is 28.9. The minimum atomic E-state index is 0.887. The zero-order valence-electron chi connectivity index (χ0n) is 4.63. The maximum absolute atomic E-state index is 4.87. The van der Waals surface area contributed by atoms with Crippen molar-refractivity contribution < 1.29 is 0 Å². The Morgan fingerprint density at radius 3 is 3.00 bits per heavy atom. The molecule has 8 heavy (non-hydrogen) atoms. The first kappa shape index (κ1) is 7.16. The molecule has 1 fully saturated rings. The summed E-state index contributed by atoms with van der Waals surface area (Å²) in [6, 6.07) is 0. The Labute approximate surface area is 64.6 Å². The van der Waals surface area contributed by atoms with Gasteiger partial charge in [-0.2, -0.15) is 0 Å². The topological polar surface area (TPSA) is 0 Å². The molecule has 0 nitrogen and oxygen atoms in total. The molecule has 0 aromatic carbocycles. The lowest BCUT2D eigenvalue weighted by Crippen LogP contribution is -2.00. The Hall–Kier alpha value is 1.05. The molecular formula is C5H9S3. The lowest BCUT2D eigenvalue weighted by atomic mass is 10.4. The summed E-state index contributed by atoms with van der Waals surface area (Å²) in [6.45, 7) is 0. The van der Waals surface area contributed by atoms with E-state index in [-0.39, 0.29) is 0 Å². The van der Waals surface area contributed by atoms with E-state index in [1.54, 1.807) is 0 Å². The fraction of sp³-hybridized carbons (Fsp3) is 1.00. The van der Waals surface area contributed by atoms with Crippen LogP contribution in [0, 0.1) is 0 Å². The van der Waals surface area contributed by atoms with Gasteiger partial charge in [0, 0.05) is 21.8 Å². The van der Waals surface area contributed by atoms with Crippen molar-refractivity contribution in [3.63, 3.8) is 0 Å². The summed E-state index contributed by atoms with van der Waals surface area (Å²) in [5.41, 5.74) is 0. The molecule has 0 aromatic heterocycles. The highest BCUT2D eigenvalue weighted by atomic mass is 32.2. The fourth-order valence-corrected chi connectivity index (χ4v) is 4.03. The third kappa shape index (κ3) is 2.11. The van der Waals surface area contributed by atoms with Gasteiger partial charge in [0.1, 0.15) is 0 Å². The average molecular weight is 165 g/mol. The van der Waals surface area contributed by atoms with Crippen LogP contribution in [0.15, 0.2) is 0 Å². The van der Waals surface area contributed by atoms with Crippen molar-refractivity contribution in [2.75, 3.05) is 16.6 Å². The SMILES string of the molecule is [S]CCC1CSCS1. The van der Waals surface area contributed by atoms with Crippen molar-refractivity contribution in [3.05, 3.63) is 0 Å². The lowest BCUT2D eigenvalue weighted by Gasteiger charge is -2.01. The summed E-state index contributed by atoms with van der Waals surface area (Å²) in [5.74, 6) is 2.28. The maximum Gasteiger partial charge on any atom is 0.0395 e. The van der Waals surface area contributed by atoms with Crippen molar-refractivity contribution in [1.29, 1.82) is 0 Å². The minimum Gasteiger partial charge on any atom is -0.150 e. The molecule has 0 aromatic rings. The van der Waals surface area contributed by atoms with Gasteiger partial charge in [0.2, 0.25) is 0 Å². The first-order chi connectivity index (χ1) is 3.93. The molecule has 1 saturated heterocycles. The highest BCUT2D eigenvalue weighted by molar-refractivity contribution is 8.19. The highest BCUT2D eigenvalue weighted by Crippen LogP contribution is 2.31. The van der Waals surface area contributed by atoms with Crippen LogP contribution in [0.3, 0.4) is 0 Å². The molecule has 0 aliphatic carbocycles.